The number of hydrogen-bond donors (Lipinski definition) is 2. The van der Waals surface area contributed by atoms with Crippen LogP contribution in [0, 0.1) is 5.92 Å². The summed E-state index contributed by atoms with van der Waals surface area (Å²) in [6.07, 6.45) is 15.7. The molecule has 0 aromatic heterocycles. The maximum absolute atomic E-state index is 10.9. The molecule has 1 atom stereocenters. The molecule has 0 aliphatic rings. The third-order valence-corrected chi connectivity index (χ3v) is 4.65. The fourth-order valence-electron chi connectivity index (χ4n) is 2.76. The van der Waals surface area contributed by atoms with Crippen LogP contribution in [0.4, 0.5) is 0 Å². The highest BCUT2D eigenvalue weighted by Gasteiger charge is 2.18. The van der Waals surface area contributed by atoms with E-state index < -0.39 is 7.82 Å². The average Bonchev–Trinajstić information content (AvgIpc) is 2.46. The summed E-state index contributed by atoms with van der Waals surface area (Å²) < 4.78 is 15.6. The number of phosphoric acid groups is 1. The second kappa shape index (κ2) is 14.7. The van der Waals surface area contributed by atoms with Crippen LogP contribution < -0.4 is 0 Å². The maximum atomic E-state index is 10.9. The van der Waals surface area contributed by atoms with Crippen LogP contribution in [0.25, 0.3) is 0 Å². The Bertz CT molecular complexity index is 278. The lowest BCUT2D eigenvalue weighted by molar-refractivity contribution is 0.157. The van der Waals surface area contributed by atoms with Gasteiger partial charge in [0.15, 0.2) is 0 Å². The van der Waals surface area contributed by atoms with Crippen LogP contribution in [0.2, 0.25) is 0 Å². The largest absolute Gasteiger partial charge is 0.469 e. The van der Waals surface area contributed by atoms with Gasteiger partial charge in [-0.2, -0.15) is 0 Å². The van der Waals surface area contributed by atoms with Crippen molar-refractivity contribution in [2.24, 2.45) is 5.92 Å². The summed E-state index contributed by atoms with van der Waals surface area (Å²) in [4.78, 5) is 17.7. The first-order valence-corrected chi connectivity index (χ1v) is 10.7. The van der Waals surface area contributed by atoms with Gasteiger partial charge < -0.3 is 9.79 Å². The van der Waals surface area contributed by atoms with Crippen molar-refractivity contribution in [2.75, 3.05) is 6.61 Å². The Kier molecular flexibility index (Phi) is 14.8. The third-order valence-electron chi connectivity index (χ3n) is 4.16. The van der Waals surface area contributed by atoms with Crippen LogP contribution >= 0.6 is 7.82 Å². The van der Waals surface area contributed by atoms with Gasteiger partial charge in [-0.3, -0.25) is 4.52 Å². The lowest BCUT2D eigenvalue weighted by Gasteiger charge is -2.17. The zero-order valence-corrected chi connectivity index (χ0v) is 15.5. The molecule has 4 nitrogen and oxygen atoms in total. The smallest absolute Gasteiger partial charge is 0.303 e. The van der Waals surface area contributed by atoms with E-state index in [-0.39, 0.29) is 6.61 Å². The van der Waals surface area contributed by atoms with Gasteiger partial charge in [0.25, 0.3) is 0 Å². The number of unbranched alkanes of at least 4 members (excludes halogenated alkanes) is 9. The van der Waals surface area contributed by atoms with Gasteiger partial charge in [-0.25, -0.2) is 4.57 Å². The molecule has 22 heavy (non-hydrogen) atoms. The van der Waals surface area contributed by atoms with Crippen LogP contribution in [0.5, 0.6) is 0 Å². The van der Waals surface area contributed by atoms with E-state index in [1.54, 1.807) is 0 Å². The van der Waals surface area contributed by atoms with Crippen LogP contribution in [-0.2, 0) is 9.09 Å². The van der Waals surface area contributed by atoms with Crippen LogP contribution in [0.1, 0.15) is 97.3 Å². The molecule has 0 fully saturated rings. The molecule has 0 rings (SSSR count). The second-order valence-corrected chi connectivity index (χ2v) is 7.65. The van der Waals surface area contributed by atoms with E-state index in [4.69, 9.17) is 14.3 Å². The van der Waals surface area contributed by atoms with E-state index in [0.717, 1.165) is 25.7 Å². The number of hydrogen-bond acceptors (Lipinski definition) is 2. The minimum atomic E-state index is -4.32. The Morgan fingerprint density at radius 2 is 1.18 bits per heavy atom. The monoisotopic (exact) mass is 336 g/mol. The summed E-state index contributed by atoms with van der Waals surface area (Å²) in [7, 11) is -4.32. The van der Waals surface area contributed by atoms with Gasteiger partial charge in [0.1, 0.15) is 0 Å². The van der Waals surface area contributed by atoms with Crippen LogP contribution in [-0.4, -0.2) is 16.4 Å². The summed E-state index contributed by atoms with van der Waals surface area (Å²) in [6, 6.07) is 0. The highest BCUT2D eigenvalue weighted by Crippen LogP contribution is 2.37. The zero-order valence-electron chi connectivity index (χ0n) is 14.6. The summed E-state index contributed by atoms with van der Waals surface area (Å²) >= 11 is 0. The van der Waals surface area contributed by atoms with E-state index in [1.165, 1.54) is 57.8 Å². The molecule has 0 saturated carbocycles. The highest BCUT2D eigenvalue weighted by molar-refractivity contribution is 7.46. The Labute approximate surface area is 137 Å². The van der Waals surface area contributed by atoms with E-state index in [1.807, 2.05) is 0 Å². The Hall–Kier alpha value is 0.110. The zero-order chi connectivity index (χ0) is 16.7. The van der Waals surface area contributed by atoms with E-state index in [0.29, 0.717) is 5.92 Å². The van der Waals surface area contributed by atoms with Gasteiger partial charge in [0.2, 0.25) is 0 Å². The quantitative estimate of drug-likeness (QED) is 0.275. The minimum absolute atomic E-state index is 0.201. The molecule has 0 aliphatic carbocycles. The van der Waals surface area contributed by atoms with Crippen molar-refractivity contribution in [3.63, 3.8) is 0 Å². The lowest BCUT2D eigenvalue weighted by Crippen LogP contribution is -2.09. The van der Waals surface area contributed by atoms with Gasteiger partial charge in [-0.1, -0.05) is 84.5 Å². The van der Waals surface area contributed by atoms with Gasteiger partial charge in [0.05, 0.1) is 6.61 Å². The molecule has 0 amide bonds. The predicted octanol–water partition coefficient (Wildman–Crippen LogP) is 5.82. The standard InChI is InChI=1S/C17H37O4P/c1-3-5-7-9-11-13-15-17(16-21-22(18,19)20)14-12-10-8-6-4-2/h17H,3-16H2,1-2H3,(H2,18,19,20). The van der Waals surface area contributed by atoms with Crippen molar-refractivity contribution in [1.82, 2.24) is 0 Å². The molecule has 2 N–H and O–H groups in total. The first-order chi connectivity index (χ1) is 10.5. The minimum Gasteiger partial charge on any atom is -0.303 e. The highest BCUT2D eigenvalue weighted by atomic mass is 31.2. The second-order valence-electron chi connectivity index (χ2n) is 6.41. The van der Waals surface area contributed by atoms with Crippen molar-refractivity contribution in [2.45, 2.75) is 97.3 Å². The molecule has 0 spiro atoms. The molecule has 0 radical (unpaired) electrons. The Balaban J connectivity index is 3.87. The Morgan fingerprint density at radius 1 is 0.773 bits per heavy atom. The molecule has 0 aromatic rings. The van der Waals surface area contributed by atoms with Crippen LogP contribution in [0.3, 0.4) is 0 Å². The lowest BCUT2D eigenvalue weighted by atomic mass is 9.95. The van der Waals surface area contributed by atoms with Gasteiger partial charge >= 0.3 is 7.82 Å². The predicted molar refractivity (Wildman–Crippen MR) is 92.9 cm³/mol. The van der Waals surface area contributed by atoms with Crippen molar-refractivity contribution < 1.29 is 18.9 Å². The molecule has 0 aromatic carbocycles. The molecular formula is C17H37O4P. The molecular weight excluding hydrogens is 299 g/mol. The fraction of sp³-hybridized carbons (Fsp3) is 1.00. The summed E-state index contributed by atoms with van der Waals surface area (Å²) in [5.41, 5.74) is 0. The number of rotatable bonds is 16. The normalized spacial score (nSPS) is 13.5. The molecule has 0 bridgehead atoms. The van der Waals surface area contributed by atoms with Crippen molar-refractivity contribution in [3.8, 4) is 0 Å². The first kappa shape index (κ1) is 22.1. The van der Waals surface area contributed by atoms with Crippen molar-refractivity contribution in [3.05, 3.63) is 0 Å². The number of phosphoric ester groups is 1. The third kappa shape index (κ3) is 16.5. The average molecular weight is 336 g/mol. The van der Waals surface area contributed by atoms with Gasteiger partial charge in [0, 0.05) is 0 Å². The SMILES string of the molecule is CCCCCCCCC(CCCCCCC)COP(=O)(O)O. The van der Waals surface area contributed by atoms with Gasteiger partial charge in [-0.05, 0) is 18.8 Å². The molecule has 5 heteroatoms. The van der Waals surface area contributed by atoms with E-state index in [2.05, 4.69) is 13.8 Å². The van der Waals surface area contributed by atoms with Crippen molar-refractivity contribution >= 4 is 7.82 Å². The maximum Gasteiger partial charge on any atom is 0.469 e. The molecule has 0 aliphatic heterocycles. The van der Waals surface area contributed by atoms with Gasteiger partial charge in [-0.15, -0.1) is 0 Å². The summed E-state index contributed by atoms with van der Waals surface area (Å²) in [5, 5.41) is 0. The van der Waals surface area contributed by atoms with Crippen molar-refractivity contribution in [1.29, 1.82) is 0 Å². The Morgan fingerprint density at radius 3 is 1.59 bits per heavy atom. The molecule has 1 unspecified atom stereocenters. The molecule has 0 heterocycles. The molecule has 0 saturated heterocycles. The molecule has 134 valence electrons. The van der Waals surface area contributed by atoms with E-state index >= 15 is 0 Å². The first-order valence-electron chi connectivity index (χ1n) is 9.19. The van der Waals surface area contributed by atoms with E-state index in [9.17, 15) is 4.57 Å². The van der Waals surface area contributed by atoms with Crippen LogP contribution in [0.15, 0.2) is 0 Å². The summed E-state index contributed by atoms with van der Waals surface area (Å²) in [6.45, 7) is 4.62. The topological polar surface area (TPSA) is 66.8 Å². The summed E-state index contributed by atoms with van der Waals surface area (Å²) in [5.74, 6) is 0.292. The fourth-order valence-corrected chi connectivity index (χ4v) is 3.17.